The molecule has 0 fully saturated rings. The van der Waals surface area contributed by atoms with Crippen LogP contribution in [0.5, 0.6) is 5.75 Å². The van der Waals surface area contributed by atoms with Crippen LogP contribution in [0.1, 0.15) is 25.0 Å². The smallest absolute Gasteiger partial charge is 0.262 e. The predicted octanol–water partition coefficient (Wildman–Crippen LogP) is 4.59. The molecule has 116 valence electrons. The Bertz CT molecular complexity index is 655. The van der Waals surface area contributed by atoms with Crippen molar-refractivity contribution in [3.8, 4) is 5.75 Å². The van der Waals surface area contributed by atoms with E-state index in [0.29, 0.717) is 0 Å². The summed E-state index contributed by atoms with van der Waals surface area (Å²) >= 11 is 3.44. The molecular formula is C18H20BrNO2. The molecule has 0 saturated carbocycles. The molecule has 2 aromatic rings. The summed E-state index contributed by atoms with van der Waals surface area (Å²) in [6.07, 6.45) is 1.74. The van der Waals surface area contributed by atoms with Crippen LogP contribution in [0.25, 0.3) is 0 Å². The van der Waals surface area contributed by atoms with Crippen molar-refractivity contribution in [3.05, 3.63) is 58.1 Å². The molecule has 2 rings (SSSR count). The molecule has 0 saturated heterocycles. The molecule has 0 aliphatic rings. The van der Waals surface area contributed by atoms with Crippen molar-refractivity contribution in [2.75, 3.05) is 11.9 Å². The summed E-state index contributed by atoms with van der Waals surface area (Å²) in [4.78, 5) is 12.1. The highest BCUT2D eigenvalue weighted by Crippen LogP contribution is 2.23. The summed E-state index contributed by atoms with van der Waals surface area (Å²) in [6.45, 7) is 4.13. The van der Waals surface area contributed by atoms with Gasteiger partial charge in [0.2, 0.25) is 0 Å². The van der Waals surface area contributed by atoms with E-state index >= 15 is 0 Å². The molecule has 0 radical (unpaired) electrons. The van der Waals surface area contributed by atoms with Gasteiger partial charge in [0, 0.05) is 10.2 Å². The van der Waals surface area contributed by atoms with E-state index < -0.39 is 0 Å². The molecule has 3 nitrogen and oxygen atoms in total. The number of aryl methyl sites for hydroxylation is 2. The number of amides is 1. The van der Waals surface area contributed by atoms with Crippen molar-refractivity contribution in [1.29, 1.82) is 0 Å². The number of carbonyl (C=O) groups is 1. The molecule has 2 aromatic carbocycles. The maximum absolute atomic E-state index is 12.1. The van der Waals surface area contributed by atoms with Gasteiger partial charge in [-0.05, 0) is 48.2 Å². The monoisotopic (exact) mass is 361 g/mol. The van der Waals surface area contributed by atoms with Crippen molar-refractivity contribution in [2.24, 2.45) is 0 Å². The zero-order valence-electron chi connectivity index (χ0n) is 12.9. The number of rotatable bonds is 6. The molecule has 0 spiro atoms. The molecule has 0 aromatic heterocycles. The quantitative estimate of drug-likeness (QED) is 0.816. The lowest BCUT2D eigenvalue weighted by molar-refractivity contribution is -0.118. The van der Waals surface area contributed by atoms with Crippen LogP contribution in [0.2, 0.25) is 0 Å². The first-order valence-corrected chi connectivity index (χ1v) is 8.22. The maximum Gasteiger partial charge on any atom is 0.262 e. The first-order valence-electron chi connectivity index (χ1n) is 7.43. The Hall–Kier alpha value is -1.81. The lowest BCUT2D eigenvalue weighted by Crippen LogP contribution is -2.21. The molecule has 0 aliphatic heterocycles. The zero-order chi connectivity index (χ0) is 15.9. The van der Waals surface area contributed by atoms with Crippen LogP contribution in [-0.4, -0.2) is 12.5 Å². The normalized spacial score (nSPS) is 10.3. The lowest BCUT2D eigenvalue weighted by atomic mass is 10.1. The maximum atomic E-state index is 12.1. The number of hydrogen-bond acceptors (Lipinski definition) is 2. The van der Waals surface area contributed by atoms with Crippen LogP contribution < -0.4 is 10.1 Å². The fraction of sp³-hybridized carbons (Fsp3) is 0.278. The molecule has 0 bridgehead atoms. The van der Waals surface area contributed by atoms with Crippen molar-refractivity contribution in [1.82, 2.24) is 0 Å². The highest BCUT2D eigenvalue weighted by Gasteiger charge is 2.08. The number of hydrogen-bond donors (Lipinski definition) is 1. The molecule has 1 N–H and O–H groups in total. The minimum Gasteiger partial charge on any atom is -0.483 e. The summed E-state index contributed by atoms with van der Waals surface area (Å²) in [6, 6.07) is 13.6. The van der Waals surface area contributed by atoms with Crippen molar-refractivity contribution >= 4 is 27.5 Å². The summed E-state index contributed by atoms with van der Waals surface area (Å²) in [5, 5.41) is 2.91. The number of ether oxygens (including phenoxy) is 1. The number of para-hydroxylation sites is 1. The van der Waals surface area contributed by atoms with E-state index in [1.807, 2.05) is 42.5 Å². The second kappa shape index (κ2) is 7.99. The predicted molar refractivity (Wildman–Crippen MR) is 93.5 cm³/mol. The fourth-order valence-electron chi connectivity index (χ4n) is 2.25. The minimum atomic E-state index is -0.147. The van der Waals surface area contributed by atoms with Gasteiger partial charge in [0.15, 0.2) is 6.61 Å². The molecule has 0 heterocycles. The summed E-state index contributed by atoms with van der Waals surface area (Å²) in [5.74, 6) is 0.607. The molecule has 4 heteroatoms. The molecule has 0 aliphatic carbocycles. The Morgan fingerprint density at radius 1 is 1.09 bits per heavy atom. The average Bonchev–Trinajstić information content (AvgIpc) is 2.54. The van der Waals surface area contributed by atoms with Crippen LogP contribution in [0.3, 0.4) is 0 Å². The number of halogens is 1. The van der Waals surface area contributed by atoms with E-state index in [1.54, 1.807) is 0 Å². The first kappa shape index (κ1) is 16.6. The van der Waals surface area contributed by atoms with E-state index in [4.69, 9.17) is 4.74 Å². The van der Waals surface area contributed by atoms with Gasteiger partial charge in [-0.15, -0.1) is 0 Å². The van der Waals surface area contributed by atoms with Gasteiger partial charge in [0.25, 0.3) is 5.91 Å². The Morgan fingerprint density at radius 3 is 2.55 bits per heavy atom. The highest BCUT2D eigenvalue weighted by atomic mass is 79.9. The lowest BCUT2D eigenvalue weighted by Gasteiger charge is -2.12. The zero-order valence-corrected chi connectivity index (χ0v) is 14.4. The van der Waals surface area contributed by atoms with E-state index in [9.17, 15) is 4.79 Å². The second-order valence-electron chi connectivity index (χ2n) is 4.95. The molecule has 0 unspecified atom stereocenters. The Morgan fingerprint density at radius 2 is 1.82 bits per heavy atom. The van der Waals surface area contributed by atoms with Crippen molar-refractivity contribution in [3.63, 3.8) is 0 Å². The molecule has 1 amide bonds. The number of carbonyl (C=O) groups excluding carboxylic acids is 1. The third-order valence-corrected chi connectivity index (χ3v) is 3.93. The second-order valence-corrected chi connectivity index (χ2v) is 5.87. The van der Waals surface area contributed by atoms with Gasteiger partial charge in [-0.1, -0.05) is 48.0 Å². The van der Waals surface area contributed by atoms with Gasteiger partial charge in [-0.3, -0.25) is 4.79 Å². The third kappa shape index (κ3) is 4.34. The number of benzene rings is 2. The summed E-state index contributed by atoms with van der Waals surface area (Å²) in [7, 11) is 0. The van der Waals surface area contributed by atoms with E-state index in [-0.39, 0.29) is 12.5 Å². The SMILES string of the molecule is CCc1ccccc1NC(=O)COc1ccc(Br)cc1CC. The topological polar surface area (TPSA) is 38.3 Å². The first-order chi connectivity index (χ1) is 10.6. The van der Waals surface area contributed by atoms with Crippen LogP contribution in [0.15, 0.2) is 46.9 Å². The largest absolute Gasteiger partial charge is 0.483 e. The van der Waals surface area contributed by atoms with Crippen LogP contribution in [-0.2, 0) is 17.6 Å². The number of nitrogens with one attached hydrogen (secondary N) is 1. The van der Waals surface area contributed by atoms with Gasteiger partial charge < -0.3 is 10.1 Å². The van der Waals surface area contributed by atoms with Crippen molar-refractivity contribution in [2.45, 2.75) is 26.7 Å². The van der Waals surface area contributed by atoms with E-state index in [1.165, 1.54) is 0 Å². The van der Waals surface area contributed by atoms with Crippen LogP contribution in [0.4, 0.5) is 5.69 Å². The number of anilines is 1. The Balaban J connectivity index is 1.98. The third-order valence-electron chi connectivity index (χ3n) is 3.43. The summed E-state index contributed by atoms with van der Waals surface area (Å²) < 4.78 is 6.67. The molecule has 0 atom stereocenters. The minimum absolute atomic E-state index is 0.00663. The van der Waals surface area contributed by atoms with Crippen LogP contribution in [0, 0.1) is 0 Å². The van der Waals surface area contributed by atoms with Gasteiger partial charge in [-0.25, -0.2) is 0 Å². The fourth-order valence-corrected chi connectivity index (χ4v) is 2.65. The highest BCUT2D eigenvalue weighted by molar-refractivity contribution is 9.10. The average molecular weight is 362 g/mol. The Labute approximate surface area is 139 Å². The standard InChI is InChI=1S/C18H20BrNO2/c1-3-13-7-5-6-8-16(13)20-18(21)12-22-17-10-9-15(19)11-14(17)4-2/h5-11H,3-4,12H2,1-2H3,(H,20,21). The van der Waals surface area contributed by atoms with Crippen molar-refractivity contribution < 1.29 is 9.53 Å². The van der Waals surface area contributed by atoms with E-state index in [2.05, 4.69) is 35.1 Å². The molecule has 22 heavy (non-hydrogen) atoms. The van der Waals surface area contributed by atoms with Gasteiger partial charge in [-0.2, -0.15) is 0 Å². The van der Waals surface area contributed by atoms with Gasteiger partial charge in [0.1, 0.15) is 5.75 Å². The van der Waals surface area contributed by atoms with E-state index in [0.717, 1.165) is 39.9 Å². The van der Waals surface area contributed by atoms with Gasteiger partial charge >= 0.3 is 0 Å². The summed E-state index contributed by atoms with van der Waals surface area (Å²) in [5.41, 5.74) is 3.05. The van der Waals surface area contributed by atoms with Gasteiger partial charge in [0.05, 0.1) is 0 Å². The van der Waals surface area contributed by atoms with Crippen LogP contribution >= 0.6 is 15.9 Å². The molecular weight excluding hydrogens is 342 g/mol. The Kier molecular flexibility index (Phi) is 6.01.